The third-order valence-corrected chi connectivity index (χ3v) is 5.85. The molecule has 0 aliphatic carbocycles. The van der Waals surface area contributed by atoms with E-state index in [2.05, 4.69) is 27.8 Å². The monoisotopic (exact) mass is 321 g/mol. The van der Waals surface area contributed by atoms with Crippen molar-refractivity contribution in [3.63, 3.8) is 0 Å². The molecule has 2 unspecified atom stereocenters. The first kappa shape index (κ1) is 14.5. The zero-order chi connectivity index (χ0) is 14.8. The number of thiophene rings is 1. The molecule has 2 atom stereocenters. The van der Waals surface area contributed by atoms with Crippen LogP contribution in [0.25, 0.3) is 0 Å². The molecule has 3 rings (SSSR count). The summed E-state index contributed by atoms with van der Waals surface area (Å²) in [7, 11) is 0. The maximum atomic E-state index is 12.5. The molecule has 4 nitrogen and oxygen atoms in total. The molecule has 1 fully saturated rings. The number of carbonyl (C=O) groups excluding carboxylic acids is 1. The number of rotatable bonds is 3. The molecule has 2 aromatic rings. The van der Waals surface area contributed by atoms with Gasteiger partial charge in [0.1, 0.15) is 5.01 Å². The summed E-state index contributed by atoms with van der Waals surface area (Å²) in [6.07, 6.45) is 2.12. The zero-order valence-electron chi connectivity index (χ0n) is 12.2. The maximum absolute atomic E-state index is 12.5. The lowest BCUT2D eigenvalue weighted by Crippen LogP contribution is -2.40. The highest BCUT2D eigenvalue weighted by atomic mass is 32.1. The maximum Gasteiger partial charge on any atom is 0.318 e. The minimum absolute atomic E-state index is 0.0197. The zero-order valence-corrected chi connectivity index (χ0v) is 13.8. The molecule has 1 aliphatic heterocycles. The second-order valence-electron chi connectivity index (χ2n) is 5.37. The highest BCUT2D eigenvalue weighted by Crippen LogP contribution is 2.34. The van der Waals surface area contributed by atoms with E-state index in [0.717, 1.165) is 30.1 Å². The molecule has 0 bridgehead atoms. The Labute approximate surface area is 132 Å². The molecule has 3 heterocycles. The van der Waals surface area contributed by atoms with Crippen molar-refractivity contribution >= 4 is 28.7 Å². The molecule has 0 saturated carbocycles. The summed E-state index contributed by atoms with van der Waals surface area (Å²) in [5.74, 6) is 0. The van der Waals surface area contributed by atoms with E-state index in [1.54, 1.807) is 22.7 Å². The Morgan fingerprint density at radius 3 is 3.05 bits per heavy atom. The molecule has 1 aliphatic rings. The Morgan fingerprint density at radius 1 is 1.52 bits per heavy atom. The van der Waals surface area contributed by atoms with E-state index in [-0.39, 0.29) is 18.1 Å². The molecule has 0 spiro atoms. The summed E-state index contributed by atoms with van der Waals surface area (Å²) in [5.41, 5.74) is 1.01. The molecular weight excluding hydrogens is 302 g/mol. The van der Waals surface area contributed by atoms with E-state index >= 15 is 0 Å². The number of nitrogens with zero attached hydrogens (tertiary/aromatic N) is 2. The predicted octanol–water partition coefficient (Wildman–Crippen LogP) is 4.12. The van der Waals surface area contributed by atoms with Crippen LogP contribution >= 0.6 is 22.7 Å². The number of likely N-dealkylation sites (tertiary alicyclic amines) is 1. The number of amides is 2. The van der Waals surface area contributed by atoms with Gasteiger partial charge in [-0.2, -0.15) is 0 Å². The van der Waals surface area contributed by atoms with Gasteiger partial charge in [-0.25, -0.2) is 9.78 Å². The summed E-state index contributed by atoms with van der Waals surface area (Å²) in [4.78, 5) is 20.2. The van der Waals surface area contributed by atoms with Crippen LogP contribution in [0.3, 0.4) is 0 Å². The van der Waals surface area contributed by atoms with Gasteiger partial charge in [-0.3, -0.25) is 0 Å². The number of aryl methyl sites for hydroxylation is 1. The number of nitrogens with one attached hydrogen (secondary N) is 1. The van der Waals surface area contributed by atoms with E-state index in [1.807, 2.05) is 24.1 Å². The SMILES string of the molecule is Cc1csc(C(C)NC(=O)N2CCCC2c2cccs2)n1. The molecule has 6 heteroatoms. The van der Waals surface area contributed by atoms with Crippen LogP contribution in [0.2, 0.25) is 0 Å². The van der Waals surface area contributed by atoms with Crippen molar-refractivity contribution in [3.8, 4) is 0 Å². The van der Waals surface area contributed by atoms with Crippen molar-refractivity contribution in [1.82, 2.24) is 15.2 Å². The summed E-state index contributed by atoms with van der Waals surface area (Å²) in [5, 5.41) is 8.14. The smallest absolute Gasteiger partial charge is 0.318 e. The van der Waals surface area contributed by atoms with Gasteiger partial charge in [0.2, 0.25) is 0 Å². The first-order valence-corrected chi connectivity index (χ1v) is 8.93. The largest absolute Gasteiger partial charge is 0.329 e. The van der Waals surface area contributed by atoms with Crippen LogP contribution in [0.5, 0.6) is 0 Å². The Bertz CT molecular complexity index is 608. The lowest BCUT2D eigenvalue weighted by molar-refractivity contribution is 0.190. The molecule has 2 amide bonds. The van der Waals surface area contributed by atoms with Crippen molar-refractivity contribution in [2.24, 2.45) is 0 Å². The lowest BCUT2D eigenvalue weighted by Gasteiger charge is -2.25. The van der Waals surface area contributed by atoms with Gasteiger partial charge in [-0.15, -0.1) is 22.7 Å². The number of hydrogen-bond acceptors (Lipinski definition) is 4. The summed E-state index contributed by atoms with van der Waals surface area (Å²) >= 11 is 3.33. The van der Waals surface area contributed by atoms with Gasteiger partial charge in [0.15, 0.2) is 0 Å². The van der Waals surface area contributed by atoms with Gasteiger partial charge in [-0.1, -0.05) is 6.07 Å². The number of aromatic nitrogens is 1. The number of carbonyl (C=O) groups is 1. The molecule has 21 heavy (non-hydrogen) atoms. The first-order valence-electron chi connectivity index (χ1n) is 7.17. The normalized spacial score (nSPS) is 19.7. The summed E-state index contributed by atoms with van der Waals surface area (Å²) in [6, 6.07) is 4.38. The van der Waals surface area contributed by atoms with Gasteiger partial charge in [-0.05, 0) is 38.1 Å². The van der Waals surface area contributed by atoms with Crippen LogP contribution in [0, 0.1) is 6.92 Å². The average molecular weight is 321 g/mol. The summed E-state index contributed by atoms with van der Waals surface area (Å²) < 4.78 is 0. The average Bonchev–Trinajstić information content (AvgIpc) is 3.19. The standard InChI is InChI=1S/C15H19N3OS2/c1-10-9-21-14(16-10)11(2)17-15(19)18-7-3-5-12(18)13-6-4-8-20-13/h4,6,8-9,11-12H,3,5,7H2,1-2H3,(H,17,19). The molecule has 1 saturated heterocycles. The van der Waals surface area contributed by atoms with Crippen LogP contribution in [-0.2, 0) is 0 Å². The second-order valence-corrected chi connectivity index (χ2v) is 7.23. The Morgan fingerprint density at radius 2 is 2.38 bits per heavy atom. The van der Waals surface area contributed by atoms with Gasteiger partial charge in [0.05, 0.1) is 12.1 Å². The molecule has 112 valence electrons. The third kappa shape index (κ3) is 3.11. The fraction of sp³-hybridized carbons (Fsp3) is 0.467. The quantitative estimate of drug-likeness (QED) is 0.924. The van der Waals surface area contributed by atoms with Gasteiger partial charge < -0.3 is 10.2 Å². The highest BCUT2D eigenvalue weighted by molar-refractivity contribution is 7.10. The van der Waals surface area contributed by atoms with Crippen LogP contribution in [0.1, 0.15) is 47.4 Å². The van der Waals surface area contributed by atoms with E-state index in [9.17, 15) is 4.79 Å². The van der Waals surface area contributed by atoms with Crippen molar-refractivity contribution in [2.45, 2.75) is 38.8 Å². The lowest BCUT2D eigenvalue weighted by atomic mass is 10.2. The van der Waals surface area contributed by atoms with Crippen molar-refractivity contribution < 1.29 is 4.79 Å². The van der Waals surface area contributed by atoms with Crippen molar-refractivity contribution in [2.75, 3.05) is 6.54 Å². The predicted molar refractivity (Wildman–Crippen MR) is 86.8 cm³/mol. The molecule has 2 aromatic heterocycles. The fourth-order valence-corrected chi connectivity index (χ4v) is 4.36. The number of thiazole rings is 1. The van der Waals surface area contributed by atoms with E-state index < -0.39 is 0 Å². The van der Waals surface area contributed by atoms with Gasteiger partial charge in [0, 0.05) is 22.5 Å². The molecular formula is C15H19N3OS2. The van der Waals surface area contributed by atoms with Crippen LogP contribution < -0.4 is 5.32 Å². The van der Waals surface area contributed by atoms with Crippen LogP contribution in [0.4, 0.5) is 4.79 Å². The van der Waals surface area contributed by atoms with E-state index in [1.165, 1.54) is 4.88 Å². The van der Waals surface area contributed by atoms with Crippen molar-refractivity contribution in [3.05, 3.63) is 38.5 Å². The van der Waals surface area contributed by atoms with Crippen molar-refractivity contribution in [1.29, 1.82) is 0 Å². The second kappa shape index (κ2) is 6.15. The van der Waals surface area contributed by atoms with Gasteiger partial charge >= 0.3 is 6.03 Å². The third-order valence-electron chi connectivity index (χ3n) is 3.73. The molecule has 0 aromatic carbocycles. The molecule has 0 radical (unpaired) electrons. The Hall–Kier alpha value is -1.40. The molecule has 1 N–H and O–H groups in total. The minimum Gasteiger partial charge on any atom is -0.329 e. The van der Waals surface area contributed by atoms with E-state index in [4.69, 9.17) is 0 Å². The minimum atomic E-state index is -0.0409. The van der Waals surface area contributed by atoms with Gasteiger partial charge in [0.25, 0.3) is 0 Å². The topological polar surface area (TPSA) is 45.2 Å². The van der Waals surface area contributed by atoms with Crippen LogP contribution in [0.15, 0.2) is 22.9 Å². The van der Waals surface area contributed by atoms with Crippen LogP contribution in [-0.4, -0.2) is 22.5 Å². The number of hydrogen-bond donors (Lipinski definition) is 1. The Kier molecular flexibility index (Phi) is 4.26. The van der Waals surface area contributed by atoms with E-state index in [0.29, 0.717) is 0 Å². The Balaban J connectivity index is 1.67. The fourth-order valence-electron chi connectivity index (χ4n) is 2.69. The first-order chi connectivity index (χ1) is 10.1. The number of urea groups is 1. The highest BCUT2D eigenvalue weighted by Gasteiger charge is 2.31. The summed E-state index contributed by atoms with van der Waals surface area (Å²) in [6.45, 7) is 4.80.